The number of carbonyl (C=O) groups is 1. The second-order valence-corrected chi connectivity index (χ2v) is 8.73. The van der Waals surface area contributed by atoms with E-state index in [-0.39, 0.29) is 18.1 Å². The Kier molecular flexibility index (Phi) is 7.25. The molecule has 0 saturated carbocycles. The van der Waals surface area contributed by atoms with E-state index in [0.29, 0.717) is 30.9 Å². The number of aromatic nitrogens is 4. The molecule has 188 valence electrons. The maximum atomic E-state index is 13.0. The van der Waals surface area contributed by atoms with Crippen molar-refractivity contribution in [2.75, 3.05) is 39.8 Å². The molecule has 1 aromatic carbocycles. The number of rotatable bonds is 7. The molecule has 0 N–H and O–H groups in total. The molecule has 0 spiro atoms. The van der Waals surface area contributed by atoms with Crippen LogP contribution in [0.25, 0.3) is 5.78 Å². The average molecular weight is 491 g/mol. The predicted octanol–water partition coefficient (Wildman–Crippen LogP) is 3.09. The molecular weight excluding hydrogens is 461 g/mol. The molecule has 0 bridgehead atoms. The van der Waals surface area contributed by atoms with Crippen LogP contribution in [0, 0.1) is 13.8 Å². The summed E-state index contributed by atoms with van der Waals surface area (Å²) >= 11 is 0. The summed E-state index contributed by atoms with van der Waals surface area (Å²) in [5, 5.41) is 3.57. The van der Waals surface area contributed by atoms with Gasteiger partial charge in [0.05, 0.1) is 7.11 Å². The first-order chi connectivity index (χ1) is 16.7. The minimum Gasteiger partial charge on any atom is -0.497 e. The van der Waals surface area contributed by atoms with Crippen molar-refractivity contribution in [3.63, 3.8) is 0 Å². The fraction of sp³-hybridized carbons (Fsp3) is 0.500. The first-order valence-corrected chi connectivity index (χ1v) is 11.6. The quantitative estimate of drug-likeness (QED) is 0.507. The lowest BCUT2D eigenvalue weighted by Crippen LogP contribution is -2.49. The van der Waals surface area contributed by atoms with Crippen LogP contribution in [0.5, 0.6) is 5.75 Å². The highest BCUT2D eigenvalue weighted by Crippen LogP contribution is 2.27. The van der Waals surface area contributed by atoms with Crippen molar-refractivity contribution in [3.05, 3.63) is 52.6 Å². The number of ether oxygens (including phenoxy) is 1. The third kappa shape index (κ3) is 5.72. The molecule has 1 amide bonds. The molecule has 0 atom stereocenters. The number of hydrogen-bond acceptors (Lipinski definition) is 6. The largest absolute Gasteiger partial charge is 0.497 e. The van der Waals surface area contributed by atoms with E-state index in [9.17, 15) is 18.0 Å². The van der Waals surface area contributed by atoms with Gasteiger partial charge in [0.1, 0.15) is 5.75 Å². The summed E-state index contributed by atoms with van der Waals surface area (Å²) in [6, 6.07) is 8.05. The third-order valence-electron chi connectivity index (χ3n) is 6.49. The van der Waals surface area contributed by atoms with E-state index in [2.05, 4.69) is 32.1 Å². The molecule has 1 saturated heterocycles. The number of alkyl halides is 3. The molecule has 3 aromatic rings. The summed E-state index contributed by atoms with van der Waals surface area (Å²) in [7, 11) is 1.65. The maximum absolute atomic E-state index is 13.0. The van der Waals surface area contributed by atoms with E-state index >= 15 is 0 Å². The summed E-state index contributed by atoms with van der Waals surface area (Å²) in [5.41, 5.74) is 3.05. The highest BCUT2D eigenvalue weighted by molar-refractivity contribution is 5.76. The summed E-state index contributed by atoms with van der Waals surface area (Å²) in [4.78, 5) is 24.7. The second kappa shape index (κ2) is 10.2. The number of piperazine rings is 1. The number of hydrogen-bond donors (Lipinski definition) is 0. The molecule has 2 aromatic heterocycles. The maximum Gasteiger partial charge on any atom is 0.453 e. The Morgan fingerprint density at radius 3 is 2.34 bits per heavy atom. The molecule has 0 aliphatic carbocycles. The Bertz CT molecular complexity index is 1180. The molecule has 0 radical (unpaired) electrons. The van der Waals surface area contributed by atoms with Gasteiger partial charge in [-0.3, -0.25) is 9.69 Å². The highest BCUT2D eigenvalue weighted by Gasteiger charge is 2.37. The van der Waals surface area contributed by atoms with E-state index in [1.54, 1.807) is 21.0 Å². The van der Waals surface area contributed by atoms with Gasteiger partial charge in [0.2, 0.25) is 5.91 Å². The molecule has 1 fully saturated rings. The van der Waals surface area contributed by atoms with Gasteiger partial charge in [0, 0.05) is 50.5 Å². The van der Waals surface area contributed by atoms with Crippen LogP contribution in [0.4, 0.5) is 13.2 Å². The first kappa shape index (κ1) is 24.9. The van der Waals surface area contributed by atoms with Crippen LogP contribution in [-0.4, -0.2) is 75.1 Å². The molecule has 35 heavy (non-hydrogen) atoms. The number of aryl methyl sites for hydroxylation is 2. The number of methoxy groups -OCH3 is 1. The fourth-order valence-corrected chi connectivity index (χ4v) is 4.38. The van der Waals surface area contributed by atoms with Crippen LogP contribution in [0.1, 0.15) is 34.8 Å². The Labute approximate surface area is 201 Å². The van der Waals surface area contributed by atoms with Gasteiger partial charge in [0.25, 0.3) is 11.6 Å². The predicted molar refractivity (Wildman–Crippen MR) is 123 cm³/mol. The molecule has 0 unspecified atom stereocenters. The molecular formula is C24H29F3N6O2. The van der Waals surface area contributed by atoms with Gasteiger partial charge >= 0.3 is 6.18 Å². The van der Waals surface area contributed by atoms with E-state index in [1.165, 1.54) is 5.56 Å². The number of benzene rings is 1. The lowest BCUT2D eigenvalue weighted by atomic mass is 10.1. The minimum absolute atomic E-state index is 0.0354. The van der Waals surface area contributed by atoms with Gasteiger partial charge in [-0.15, -0.1) is 5.10 Å². The van der Waals surface area contributed by atoms with Crippen molar-refractivity contribution in [1.82, 2.24) is 29.4 Å². The second-order valence-electron chi connectivity index (χ2n) is 8.73. The van der Waals surface area contributed by atoms with Gasteiger partial charge in [-0.2, -0.15) is 18.2 Å². The van der Waals surface area contributed by atoms with E-state index in [1.807, 2.05) is 17.0 Å². The van der Waals surface area contributed by atoms with Crippen LogP contribution in [-0.2, 0) is 23.8 Å². The van der Waals surface area contributed by atoms with Crippen molar-refractivity contribution in [3.8, 4) is 5.75 Å². The smallest absolute Gasteiger partial charge is 0.453 e. The Morgan fingerprint density at radius 1 is 1.03 bits per heavy atom. The molecule has 1 aliphatic rings. The number of nitrogens with zero attached hydrogens (tertiary/aromatic N) is 6. The van der Waals surface area contributed by atoms with Crippen molar-refractivity contribution in [2.45, 2.75) is 39.3 Å². The van der Waals surface area contributed by atoms with E-state index < -0.39 is 12.0 Å². The summed E-state index contributed by atoms with van der Waals surface area (Å²) in [6.45, 7) is 7.27. The molecule has 11 heteroatoms. The topological polar surface area (TPSA) is 75.9 Å². The average Bonchev–Trinajstić information content (AvgIpc) is 3.28. The van der Waals surface area contributed by atoms with Gasteiger partial charge < -0.3 is 9.64 Å². The fourth-order valence-electron chi connectivity index (χ4n) is 4.38. The van der Waals surface area contributed by atoms with Crippen molar-refractivity contribution < 1.29 is 22.7 Å². The van der Waals surface area contributed by atoms with E-state index in [0.717, 1.165) is 41.9 Å². The molecule has 1 aliphatic heterocycles. The van der Waals surface area contributed by atoms with Crippen LogP contribution in [0.15, 0.2) is 24.3 Å². The van der Waals surface area contributed by atoms with Gasteiger partial charge in [-0.1, -0.05) is 12.1 Å². The Balaban J connectivity index is 1.29. The molecule has 4 rings (SSSR count). The summed E-state index contributed by atoms with van der Waals surface area (Å²) < 4.78 is 45.3. The molecule has 8 nitrogen and oxygen atoms in total. The van der Waals surface area contributed by atoms with Crippen LogP contribution < -0.4 is 4.74 Å². The zero-order chi connectivity index (χ0) is 25.2. The SMILES string of the molecule is COc1ccc(CCN2CCN(C(=O)CCc3c(C)nc4nc(C(F)(F)F)nn4c3C)CC2)cc1. The number of fused-ring (bicyclic) bond motifs is 1. The standard InChI is InChI=1S/C24H29F3N6O2/c1-16-20(17(2)33-23(28-16)29-22(30-33)24(25,26)27)8-9-21(34)32-14-12-31(13-15-32)11-10-18-4-6-19(35-3)7-5-18/h4-7H,8-15H2,1-3H3. The number of carbonyl (C=O) groups excluding carboxylic acids is 1. The molecule has 3 heterocycles. The van der Waals surface area contributed by atoms with Gasteiger partial charge in [-0.25, -0.2) is 9.50 Å². The first-order valence-electron chi connectivity index (χ1n) is 11.6. The van der Waals surface area contributed by atoms with Crippen LogP contribution in [0.2, 0.25) is 0 Å². The Hall–Kier alpha value is -3.21. The normalized spacial score (nSPS) is 15.1. The van der Waals surface area contributed by atoms with Gasteiger partial charge in [-0.05, 0) is 49.9 Å². The summed E-state index contributed by atoms with van der Waals surface area (Å²) in [5.74, 6) is -0.429. The van der Waals surface area contributed by atoms with Crippen molar-refractivity contribution >= 4 is 11.7 Å². The Morgan fingerprint density at radius 2 is 1.71 bits per heavy atom. The third-order valence-corrected chi connectivity index (χ3v) is 6.49. The van der Waals surface area contributed by atoms with Crippen LogP contribution >= 0.6 is 0 Å². The number of amides is 1. The van der Waals surface area contributed by atoms with Crippen molar-refractivity contribution in [1.29, 1.82) is 0 Å². The van der Waals surface area contributed by atoms with Gasteiger partial charge in [0.15, 0.2) is 0 Å². The zero-order valence-electron chi connectivity index (χ0n) is 20.1. The monoisotopic (exact) mass is 490 g/mol. The minimum atomic E-state index is -4.64. The van der Waals surface area contributed by atoms with E-state index in [4.69, 9.17) is 4.74 Å². The number of halogens is 3. The zero-order valence-corrected chi connectivity index (χ0v) is 20.1. The van der Waals surface area contributed by atoms with Crippen molar-refractivity contribution in [2.24, 2.45) is 0 Å². The lowest BCUT2D eigenvalue weighted by Gasteiger charge is -2.35. The highest BCUT2D eigenvalue weighted by atomic mass is 19.4. The van der Waals surface area contributed by atoms with Crippen LogP contribution in [0.3, 0.4) is 0 Å². The lowest BCUT2D eigenvalue weighted by molar-refractivity contribution is -0.144. The summed E-state index contributed by atoms with van der Waals surface area (Å²) in [6.07, 6.45) is -3.05.